The minimum atomic E-state index is -0.798. The molecule has 1 unspecified atom stereocenters. The fraction of sp³-hybridized carbons (Fsp3) is 0.167. The summed E-state index contributed by atoms with van der Waals surface area (Å²) in [7, 11) is 0. The van der Waals surface area contributed by atoms with Crippen LogP contribution in [-0.2, 0) is 9.59 Å². The van der Waals surface area contributed by atoms with Crippen molar-refractivity contribution in [2.24, 2.45) is 10.1 Å². The molecule has 0 aromatic heterocycles. The van der Waals surface area contributed by atoms with Gasteiger partial charge in [-0.25, -0.2) is 10.4 Å². The molecule has 1 aliphatic rings. The van der Waals surface area contributed by atoms with Gasteiger partial charge in [-0.15, -0.1) is 0 Å². The molecule has 0 spiro atoms. The van der Waals surface area contributed by atoms with Gasteiger partial charge in [0.1, 0.15) is 6.04 Å². The van der Waals surface area contributed by atoms with E-state index in [9.17, 15) is 9.59 Å². The number of rotatable bonds is 4. The molecule has 1 aromatic carbocycles. The van der Waals surface area contributed by atoms with Gasteiger partial charge in [-0.2, -0.15) is 5.10 Å². The Balaban J connectivity index is 1.92. The molecule has 0 bridgehead atoms. The molecule has 0 aliphatic carbocycles. The maximum absolute atomic E-state index is 11.4. The molecular weight excluding hydrogens is 303 g/mol. The van der Waals surface area contributed by atoms with Crippen LogP contribution in [0.3, 0.4) is 0 Å². The number of amides is 1. The molecule has 0 saturated heterocycles. The number of hydrogen-bond donors (Lipinski definition) is 2. The van der Waals surface area contributed by atoms with E-state index in [0.29, 0.717) is 5.02 Å². The third-order valence-corrected chi connectivity index (χ3v) is 2.84. The standard InChI is InChI=1S/C12H10Cl2N4O2/c13-8-3-1-7(2-4-8)6-15-18-12-16-9(5-10(14)19)11(20)17-12/h1-4,6,9H,5H2,(H2,16,17,18,20)/b15-6+. The second kappa shape index (κ2) is 6.49. The monoisotopic (exact) mass is 312 g/mol. The van der Waals surface area contributed by atoms with Gasteiger partial charge in [0.15, 0.2) is 0 Å². The van der Waals surface area contributed by atoms with Crippen molar-refractivity contribution in [3.8, 4) is 0 Å². The molecule has 2 rings (SSSR count). The van der Waals surface area contributed by atoms with E-state index in [0.717, 1.165) is 5.56 Å². The minimum Gasteiger partial charge on any atom is -0.293 e. The molecule has 0 fully saturated rings. The number of hydrogen-bond acceptors (Lipinski definition) is 5. The van der Waals surface area contributed by atoms with Crippen molar-refractivity contribution in [3.63, 3.8) is 0 Å². The molecule has 1 aliphatic heterocycles. The highest BCUT2D eigenvalue weighted by atomic mass is 35.5. The van der Waals surface area contributed by atoms with Crippen molar-refractivity contribution < 1.29 is 9.59 Å². The van der Waals surface area contributed by atoms with Gasteiger partial charge in [0.25, 0.3) is 5.91 Å². The largest absolute Gasteiger partial charge is 0.293 e. The first-order valence-electron chi connectivity index (χ1n) is 5.66. The number of carbonyl (C=O) groups is 2. The molecular formula is C12H10Cl2N4O2. The molecule has 104 valence electrons. The highest BCUT2D eigenvalue weighted by molar-refractivity contribution is 6.63. The van der Waals surface area contributed by atoms with Gasteiger partial charge in [0.05, 0.1) is 12.6 Å². The quantitative estimate of drug-likeness (QED) is 0.499. The van der Waals surface area contributed by atoms with Crippen LogP contribution < -0.4 is 10.7 Å². The van der Waals surface area contributed by atoms with Crippen LogP contribution in [0.1, 0.15) is 12.0 Å². The van der Waals surface area contributed by atoms with Gasteiger partial charge < -0.3 is 0 Å². The number of nitrogens with one attached hydrogen (secondary N) is 2. The molecule has 0 saturated carbocycles. The Labute approximate surface area is 124 Å². The average molecular weight is 313 g/mol. The molecule has 2 N–H and O–H groups in total. The number of nitrogens with zero attached hydrogens (tertiary/aromatic N) is 2. The van der Waals surface area contributed by atoms with Crippen LogP contribution in [0, 0.1) is 0 Å². The predicted octanol–water partition coefficient (Wildman–Crippen LogP) is 1.27. The number of hydrazone groups is 1. The zero-order valence-corrected chi connectivity index (χ0v) is 11.6. The fourth-order valence-electron chi connectivity index (χ4n) is 1.51. The number of guanidine groups is 1. The summed E-state index contributed by atoms with van der Waals surface area (Å²) < 4.78 is 0. The summed E-state index contributed by atoms with van der Waals surface area (Å²) in [6, 6.07) is 6.25. The molecule has 1 atom stereocenters. The normalized spacial score (nSPS) is 18.0. The number of aliphatic imine (C=N–C) groups is 1. The third kappa shape index (κ3) is 4.04. The van der Waals surface area contributed by atoms with Gasteiger partial charge in [-0.1, -0.05) is 23.7 Å². The Bertz CT molecular complexity index is 584. The summed E-state index contributed by atoms with van der Waals surface area (Å²) in [6.07, 6.45) is 1.41. The Kier molecular flexibility index (Phi) is 4.70. The lowest BCUT2D eigenvalue weighted by Gasteiger charge is -1.98. The zero-order chi connectivity index (χ0) is 14.5. The number of carbonyl (C=O) groups excluding carboxylic acids is 2. The first-order valence-corrected chi connectivity index (χ1v) is 6.42. The van der Waals surface area contributed by atoms with E-state index in [-0.39, 0.29) is 18.3 Å². The van der Waals surface area contributed by atoms with Gasteiger partial charge in [-0.05, 0) is 29.3 Å². The van der Waals surface area contributed by atoms with E-state index in [2.05, 4.69) is 20.8 Å². The number of benzene rings is 1. The smallest absolute Gasteiger partial charge is 0.252 e. The Morgan fingerprint density at radius 2 is 2.15 bits per heavy atom. The van der Waals surface area contributed by atoms with Crippen LogP contribution in [0.2, 0.25) is 5.02 Å². The minimum absolute atomic E-state index is 0.139. The van der Waals surface area contributed by atoms with E-state index in [1.807, 2.05) is 0 Å². The maximum Gasteiger partial charge on any atom is 0.252 e. The Hall–Kier alpha value is -1.92. The Morgan fingerprint density at radius 1 is 1.45 bits per heavy atom. The molecule has 8 heteroatoms. The van der Waals surface area contributed by atoms with Gasteiger partial charge >= 0.3 is 0 Å². The van der Waals surface area contributed by atoms with Crippen LogP contribution >= 0.6 is 23.2 Å². The van der Waals surface area contributed by atoms with Crippen LogP contribution in [0.15, 0.2) is 34.4 Å². The van der Waals surface area contributed by atoms with Gasteiger partial charge in [0, 0.05) is 5.02 Å². The molecule has 1 aromatic rings. The second-order valence-electron chi connectivity index (χ2n) is 3.96. The maximum atomic E-state index is 11.4. The lowest BCUT2D eigenvalue weighted by Crippen LogP contribution is -2.35. The molecule has 1 heterocycles. The van der Waals surface area contributed by atoms with E-state index in [1.165, 1.54) is 0 Å². The summed E-state index contributed by atoms with van der Waals surface area (Å²) in [6.45, 7) is 0. The van der Waals surface area contributed by atoms with Gasteiger partial charge in [0.2, 0.25) is 11.2 Å². The van der Waals surface area contributed by atoms with Crippen molar-refractivity contribution in [1.29, 1.82) is 0 Å². The van der Waals surface area contributed by atoms with Crippen LogP contribution in [0.5, 0.6) is 0 Å². The summed E-state index contributed by atoms with van der Waals surface area (Å²) >= 11 is 11.0. The van der Waals surface area contributed by atoms with Crippen LogP contribution in [-0.4, -0.2) is 29.4 Å². The van der Waals surface area contributed by atoms with E-state index >= 15 is 0 Å². The van der Waals surface area contributed by atoms with Crippen molar-refractivity contribution in [1.82, 2.24) is 10.7 Å². The molecule has 1 amide bonds. The predicted molar refractivity (Wildman–Crippen MR) is 77.0 cm³/mol. The van der Waals surface area contributed by atoms with Crippen molar-refractivity contribution in [2.75, 3.05) is 0 Å². The van der Waals surface area contributed by atoms with Crippen molar-refractivity contribution in [3.05, 3.63) is 34.9 Å². The average Bonchev–Trinajstić information content (AvgIpc) is 2.72. The Morgan fingerprint density at radius 3 is 2.80 bits per heavy atom. The summed E-state index contributed by atoms with van der Waals surface area (Å²) in [4.78, 5) is 26.1. The second-order valence-corrected chi connectivity index (χ2v) is 4.82. The first-order chi connectivity index (χ1) is 9.54. The zero-order valence-electron chi connectivity index (χ0n) is 10.1. The topological polar surface area (TPSA) is 82.9 Å². The molecule has 0 radical (unpaired) electrons. The summed E-state index contributed by atoms with van der Waals surface area (Å²) in [5, 5.41) is 6.40. The van der Waals surface area contributed by atoms with Gasteiger partial charge in [-0.3, -0.25) is 14.9 Å². The van der Waals surface area contributed by atoms with E-state index < -0.39 is 11.3 Å². The highest BCUT2D eigenvalue weighted by Crippen LogP contribution is 2.08. The lowest BCUT2D eigenvalue weighted by molar-refractivity contribution is -0.122. The fourth-order valence-corrected chi connectivity index (χ4v) is 1.78. The van der Waals surface area contributed by atoms with Crippen LogP contribution in [0.4, 0.5) is 0 Å². The van der Waals surface area contributed by atoms with E-state index in [1.54, 1.807) is 30.5 Å². The SMILES string of the molecule is O=C(Cl)CC1N=C(N/N=C/c2ccc(Cl)cc2)NC1=O. The van der Waals surface area contributed by atoms with E-state index in [4.69, 9.17) is 23.2 Å². The molecule has 6 nitrogen and oxygen atoms in total. The van der Waals surface area contributed by atoms with Crippen molar-refractivity contribution in [2.45, 2.75) is 12.5 Å². The number of halogens is 2. The lowest BCUT2D eigenvalue weighted by atomic mass is 10.2. The first kappa shape index (κ1) is 14.5. The third-order valence-electron chi connectivity index (χ3n) is 2.44. The van der Waals surface area contributed by atoms with Crippen LogP contribution in [0.25, 0.3) is 0 Å². The molecule has 20 heavy (non-hydrogen) atoms. The highest BCUT2D eigenvalue weighted by Gasteiger charge is 2.27. The summed E-state index contributed by atoms with van der Waals surface area (Å²) in [5.41, 5.74) is 3.41. The summed E-state index contributed by atoms with van der Waals surface area (Å²) in [5.74, 6) is -0.202. The van der Waals surface area contributed by atoms with Crippen molar-refractivity contribution >= 4 is 46.5 Å².